The fraction of sp³-hybridized carbons (Fsp3) is 0.188. The van der Waals surface area contributed by atoms with Crippen molar-refractivity contribution in [1.29, 1.82) is 0 Å². The predicted octanol–water partition coefficient (Wildman–Crippen LogP) is 4.07. The highest BCUT2D eigenvalue weighted by Crippen LogP contribution is 2.22. The van der Waals surface area contributed by atoms with E-state index in [-0.39, 0.29) is 5.69 Å². The van der Waals surface area contributed by atoms with E-state index in [0.717, 1.165) is 0 Å². The maximum absolute atomic E-state index is 13.3. The normalized spacial score (nSPS) is 10.1. The molecule has 2 rings (SSSR count). The Balaban J connectivity index is 1.65. The molecular formula is C16H16ClFN2O2. The summed E-state index contributed by atoms with van der Waals surface area (Å²) < 4.78 is 18.8. The first-order valence-corrected chi connectivity index (χ1v) is 7.21. The topological polar surface area (TPSA) is 50.4 Å². The molecule has 0 heterocycles. The molecule has 2 aromatic rings. The molecule has 4 nitrogen and oxygen atoms in total. The van der Waals surface area contributed by atoms with Crippen LogP contribution in [0.2, 0.25) is 5.02 Å². The number of urea groups is 1. The van der Waals surface area contributed by atoms with E-state index in [1.807, 2.05) is 12.1 Å². The van der Waals surface area contributed by atoms with Gasteiger partial charge in [0.2, 0.25) is 0 Å². The van der Waals surface area contributed by atoms with E-state index >= 15 is 0 Å². The second kappa shape index (κ2) is 8.24. The Morgan fingerprint density at radius 3 is 2.64 bits per heavy atom. The number of halogens is 2. The molecule has 116 valence electrons. The van der Waals surface area contributed by atoms with Crippen LogP contribution in [0.3, 0.4) is 0 Å². The molecular weight excluding hydrogens is 307 g/mol. The third kappa shape index (κ3) is 4.93. The summed E-state index contributed by atoms with van der Waals surface area (Å²) in [6.07, 6.45) is 0.607. The molecule has 0 bridgehead atoms. The molecule has 2 aromatic carbocycles. The van der Waals surface area contributed by atoms with Gasteiger partial charge in [-0.25, -0.2) is 9.18 Å². The van der Waals surface area contributed by atoms with E-state index in [2.05, 4.69) is 10.6 Å². The van der Waals surface area contributed by atoms with Crippen molar-refractivity contribution in [3.63, 3.8) is 0 Å². The van der Waals surface area contributed by atoms with Crippen LogP contribution in [-0.4, -0.2) is 19.2 Å². The third-order valence-electron chi connectivity index (χ3n) is 2.82. The molecule has 2 N–H and O–H groups in total. The number of carbonyl (C=O) groups is 1. The van der Waals surface area contributed by atoms with Gasteiger partial charge in [0.05, 0.1) is 17.3 Å². The summed E-state index contributed by atoms with van der Waals surface area (Å²) in [5.41, 5.74) is 0.146. The van der Waals surface area contributed by atoms with Crippen LogP contribution in [0, 0.1) is 5.82 Å². The van der Waals surface area contributed by atoms with E-state index in [9.17, 15) is 9.18 Å². The lowest BCUT2D eigenvalue weighted by atomic mass is 10.3. The number of para-hydroxylation sites is 2. The molecule has 0 aromatic heterocycles. The van der Waals surface area contributed by atoms with Gasteiger partial charge in [-0.05, 0) is 30.7 Å². The monoisotopic (exact) mass is 322 g/mol. The molecule has 0 saturated carbocycles. The van der Waals surface area contributed by atoms with Crippen LogP contribution in [0.15, 0.2) is 48.5 Å². The van der Waals surface area contributed by atoms with Crippen molar-refractivity contribution in [2.45, 2.75) is 6.42 Å². The number of benzene rings is 2. The standard InChI is InChI=1S/C16H16ClFN2O2/c17-12-6-1-4-9-15(12)22-11-5-10-19-16(21)20-14-8-3-2-7-13(14)18/h1-4,6-9H,5,10-11H2,(H2,19,20,21). The number of hydrogen-bond acceptors (Lipinski definition) is 2. The smallest absolute Gasteiger partial charge is 0.319 e. The maximum Gasteiger partial charge on any atom is 0.319 e. The minimum Gasteiger partial charge on any atom is -0.492 e. The highest BCUT2D eigenvalue weighted by molar-refractivity contribution is 6.32. The quantitative estimate of drug-likeness (QED) is 0.788. The van der Waals surface area contributed by atoms with Crippen LogP contribution in [0.1, 0.15) is 6.42 Å². The van der Waals surface area contributed by atoms with Gasteiger partial charge in [-0.3, -0.25) is 0 Å². The van der Waals surface area contributed by atoms with Crippen LogP contribution in [0.25, 0.3) is 0 Å². The molecule has 0 aliphatic carbocycles. The first-order valence-electron chi connectivity index (χ1n) is 6.83. The summed E-state index contributed by atoms with van der Waals surface area (Å²) in [5.74, 6) is 0.139. The van der Waals surface area contributed by atoms with Crippen LogP contribution in [0.5, 0.6) is 5.75 Å². The lowest BCUT2D eigenvalue weighted by Crippen LogP contribution is -2.30. The van der Waals surface area contributed by atoms with Gasteiger partial charge in [0, 0.05) is 6.54 Å². The molecule has 0 spiro atoms. The van der Waals surface area contributed by atoms with Gasteiger partial charge in [0.1, 0.15) is 11.6 Å². The van der Waals surface area contributed by atoms with Gasteiger partial charge in [-0.1, -0.05) is 35.9 Å². The average molecular weight is 323 g/mol. The highest BCUT2D eigenvalue weighted by Gasteiger charge is 2.05. The van der Waals surface area contributed by atoms with Crippen LogP contribution in [0.4, 0.5) is 14.9 Å². The van der Waals surface area contributed by atoms with Crippen molar-refractivity contribution in [3.8, 4) is 5.75 Å². The molecule has 2 amide bonds. The third-order valence-corrected chi connectivity index (χ3v) is 3.14. The number of hydrogen-bond donors (Lipinski definition) is 2. The molecule has 0 unspecified atom stereocenters. The highest BCUT2D eigenvalue weighted by atomic mass is 35.5. The molecule has 0 atom stereocenters. The number of nitrogens with one attached hydrogen (secondary N) is 2. The lowest BCUT2D eigenvalue weighted by molar-refractivity contribution is 0.250. The number of amides is 2. The Hall–Kier alpha value is -2.27. The van der Waals surface area contributed by atoms with Crippen molar-refractivity contribution in [2.24, 2.45) is 0 Å². The van der Waals surface area contributed by atoms with Gasteiger partial charge in [-0.15, -0.1) is 0 Å². The summed E-state index contributed by atoms with van der Waals surface area (Å²) in [5, 5.41) is 5.62. The summed E-state index contributed by atoms with van der Waals surface area (Å²) >= 11 is 5.95. The SMILES string of the molecule is O=C(NCCCOc1ccccc1Cl)Nc1ccccc1F. The van der Waals surface area contributed by atoms with E-state index in [1.165, 1.54) is 12.1 Å². The van der Waals surface area contributed by atoms with E-state index in [0.29, 0.717) is 30.3 Å². The van der Waals surface area contributed by atoms with Crippen LogP contribution in [-0.2, 0) is 0 Å². The molecule has 0 saturated heterocycles. The van der Waals surface area contributed by atoms with Gasteiger partial charge in [-0.2, -0.15) is 0 Å². The van der Waals surface area contributed by atoms with Crippen molar-refractivity contribution >= 4 is 23.3 Å². The molecule has 0 aliphatic heterocycles. The molecule has 6 heteroatoms. The molecule has 0 radical (unpaired) electrons. The number of ether oxygens (including phenoxy) is 1. The number of rotatable bonds is 6. The zero-order chi connectivity index (χ0) is 15.8. The van der Waals surface area contributed by atoms with Crippen molar-refractivity contribution in [2.75, 3.05) is 18.5 Å². The zero-order valence-electron chi connectivity index (χ0n) is 11.8. The second-order valence-electron chi connectivity index (χ2n) is 4.49. The minimum atomic E-state index is -0.472. The largest absolute Gasteiger partial charge is 0.492 e. The fourth-order valence-electron chi connectivity index (χ4n) is 1.75. The lowest BCUT2D eigenvalue weighted by Gasteiger charge is -2.09. The maximum atomic E-state index is 13.3. The van der Waals surface area contributed by atoms with Crippen molar-refractivity contribution in [3.05, 3.63) is 59.4 Å². The second-order valence-corrected chi connectivity index (χ2v) is 4.90. The molecule has 0 fully saturated rings. The number of carbonyl (C=O) groups excluding carboxylic acids is 1. The van der Waals surface area contributed by atoms with Gasteiger partial charge < -0.3 is 15.4 Å². The first-order chi connectivity index (χ1) is 10.7. The minimum absolute atomic E-state index is 0.146. The van der Waals surface area contributed by atoms with Gasteiger partial charge in [0.15, 0.2) is 0 Å². The summed E-state index contributed by atoms with van der Waals surface area (Å²) in [6.45, 7) is 0.828. The van der Waals surface area contributed by atoms with Gasteiger partial charge >= 0.3 is 6.03 Å². The van der Waals surface area contributed by atoms with Crippen molar-refractivity contribution < 1.29 is 13.9 Å². The Kier molecular flexibility index (Phi) is 6.03. The van der Waals surface area contributed by atoms with Crippen LogP contribution >= 0.6 is 11.6 Å². The van der Waals surface area contributed by atoms with Gasteiger partial charge in [0.25, 0.3) is 0 Å². The average Bonchev–Trinajstić information content (AvgIpc) is 2.51. The Morgan fingerprint density at radius 1 is 1.14 bits per heavy atom. The summed E-state index contributed by atoms with van der Waals surface area (Å²) in [4.78, 5) is 11.6. The summed E-state index contributed by atoms with van der Waals surface area (Å²) in [6, 6.07) is 12.7. The number of anilines is 1. The summed E-state index contributed by atoms with van der Waals surface area (Å²) in [7, 11) is 0. The Morgan fingerprint density at radius 2 is 1.86 bits per heavy atom. The Labute approximate surface area is 133 Å². The van der Waals surface area contributed by atoms with Crippen LogP contribution < -0.4 is 15.4 Å². The fourth-order valence-corrected chi connectivity index (χ4v) is 1.94. The van der Waals surface area contributed by atoms with Crippen molar-refractivity contribution in [1.82, 2.24) is 5.32 Å². The van der Waals surface area contributed by atoms with E-state index in [4.69, 9.17) is 16.3 Å². The van der Waals surface area contributed by atoms with E-state index < -0.39 is 11.8 Å². The predicted molar refractivity (Wildman–Crippen MR) is 85.0 cm³/mol. The molecule has 22 heavy (non-hydrogen) atoms. The Bertz CT molecular complexity index is 637. The molecule has 0 aliphatic rings. The zero-order valence-corrected chi connectivity index (χ0v) is 12.6. The van der Waals surface area contributed by atoms with E-state index in [1.54, 1.807) is 24.3 Å². The first kappa shape index (κ1) is 16.1.